The number of carbonyl (C=O) groups is 2. The van der Waals surface area contributed by atoms with Crippen molar-refractivity contribution in [1.29, 1.82) is 0 Å². The van der Waals surface area contributed by atoms with Crippen molar-refractivity contribution in [3.8, 4) is 0 Å². The number of nitrogens with one attached hydrogen (secondary N) is 2. The van der Waals surface area contributed by atoms with Crippen LogP contribution in [0.2, 0.25) is 0 Å². The maximum absolute atomic E-state index is 10.1. The molecule has 0 rings (SSSR count). The molecular formula is C10H34N10O15Pt2-2. The van der Waals surface area contributed by atoms with Crippen molar-refractivity contribution in [2.75, 3.05) is 0 Å². The van der Waals surface area contributed by atoms with E-state index < -0.39 is 43.0 Å². The van der Waals surface area contributed by atoms with Crippen LogP contribution in [0.5, 0.6) is 0 Å². The van der Waals surface area contributed by atoms with Gasteiger partial charge in [-0.05, 0) is 0 Å². The number of carbonyl (C=O) groups excluding carboxylic acids is 2. The largest absolute Gasteiger partial charge is 2.00 e. The maximum Gasteiger partial charge on any atom is 2.00 e. The Kier molecular flexibility index (Phi) is 105. The average Bonchev–Trinajstić information content (AvgIpc) is 2.33. The molecule has 25 nitrogen and oxygen atoms in total. The van der Waals surface area contributed by atoms with E-state index in [2.05, 4.69) is 0 Å². The fourth-order valence-corrected chi connectivity index (χ4v) is 0. The molecule has 2 amide bonds. The Morgan fingerprint density at radius 3 is 0.514 bits per heavy atom. The van der Waals surface area contributed by atoms with E-state index >= 15 is 0 Å². The SMILES string of the molecule is CC(C)(C)C([NH-])=O.CC(C)(C)C([NH-])=O.N.N.N.N.O.O=[N+]([O-])[O-].O=[N+]([O-])[O-].O=[N+]([O-])[O-].O=[N+]([O-])[O-].[Pt+2].[Pt+2]. The van der Waals surface area contributed by atoms with Crippen LogP contribution in [-0.4, -0.2) is 37.6 Å². The van der Waals surface area contributed by atoms with E-state index in [1.165, 1.54) is 0 Å². The third kappa shape index (κ3) is 396. The second kappa shape index (κ2) is 46.3. The molecule has 0 spiro atoms. The molecule has 0 aromatic carbocycles. The fourth-order valence-electron chi connectivity index (χ4n) is 0. The summed E-state index contributed by atoms with van der Waals surface area (Å²) in [5.74, 6) is -1.01. The van der Waals surface area contributed by atoms with Gasteiger partial charge in [-0.3, -0.25) is 0 Å². The van der Waals surface area contributed by atoms with Gasteiger partial charge in [0.05, 0.1) is 32.2 Å². The third-order valence-corrected chi connectivity index (χ3v) is 1.36. The Morgan fingerprint density at radius 2 is 0.514 bits per heavy atom. The van der Waals surface area contributed by atoms with Gasteiger partial charge in [0.15, 0.2) is 0 Å². The normalized spacial score (nSPS) is 6.86. The van der Waals surface area contributed by atoms with E-state index in [0.29, 0.717) is 0 Å². The first-order chi connectivity index (χ1) is 12.8. The smallest absolute Gasteiger partial charge is 0.667 e. The van der Waals surface area contributed by atoms with Gasteiger partial charge in [-0.25, -0.2) is 0 Å². The minimum absolute atomic E-state index is 0. The van der Waals surface area contributed by atoms with Gasteiger partial charge in [-0.15, -0.1) is 0 Å². The molecule has 0 bridgehead atoms. The van der Waals surface area contributed by atoms with Crippen LogP contribution in [0.25, 0.3) is 11.5 Å². The Hall–Kier alpha value is -3.08. The summed E-state index contributed by atoms with van der Waals surface area (Å²) >= 11 is 0. The fraction of sp³-hybridized carbons (Fsp3) is 0.800. The predicted octanol–water partition coefficient (Wildman–Crippen LogP) is 2.08. The van der Waals surface area contributed by atoms with Crippen molar-refractivity contribution in [2.24, 2.45) is 10.8 Å². The Balaban J connectivity index is -0.0000000167. The first-order valence-electron chi connectivity index (χ1n) is 6.60. The van der Waals surface area contributed by atoms with Crippen LogP contribution >= 0.6 is 0 Å². The summed E-state index contributed by atoms with van der Waals surface area (Å²) in [7, 11) is 0. The second-order valence-corrected chi connectivity index (χ2v) is 6.05. The summed E-state index contributed by atoms with van der Waals surface area (Å²) in [6, 6.07) is 0. The Morgan fingerprint density at radius 1 is 0.486 bits per heavy atom. The van der Waals surface area contributed by atoms with E-state index in [-0.39, 0.29) is 72.2 Å². The average molecular weight is 925 g/mol. The topological polar surface area (TPSA) is 518 Å². The van der Waals surface area contributed by atoms with Crippen LogP contribution in [0.15, 0.2) is 0 Å². The number of hydrogen-bond donors (Lipinski definition) is 4. The molecule has 0 heterocycles. The van der Waals surface area contributed by atoms with Crippen molar-refractivity contribution in [3.63, 3.8) is 0 Å². The van der Waals surface area contributed by atoms with Crippen LogP contribution in [0.1, 0.15) is 41.5 Å². The molecule has 0 unspecified atom stereocenters. The van der Waals surface area contributed by atoms with Gasteiger partial charge < -0.3 is 112 Å². The first-order valence-corrected chi connectivity index (χ1v) is 6.60. The minimum Gasteiger partial charge on any atom is -0.667 e. The number of hydrogen-bond acceptors (Lipinski definition) is 18. The molecular weight excluding hydrogens is 890 g/mol. The molecule has 0 radical (unpaired) electrons. The monoisotopic (exact) mass is 924 g/mol. The summed E-state index contributed by atoms with van der Waals surface area (Å²) < 4.78 is 0. The molecule has 37 heavy (non-hydrogen) atoms. The second-order valence-electron chi connectivity index (χ2n) is 6.05. The van der Waals surface area contributed by atoms with Gasteiger partial charge in [0.1, 0.15) is 0 Å². The van der Waals surface area contributed by atoms with Crippen molar-refractivity contribution in [3.05, 3.63) is 72.8 Å². The van der Waals surface area contributed by atoms with E-state index in [9.17, 15) is 9.59 Å². The summed E-state index contributed by atoms with van der Waals surface area (Å²) in [6.45, 7) is 10.3. The van der Waals surface area contributed by atoms with Gasteiger partial charge >= 0.3 is 42.1 Å². The van der Waals surface area contributed by atoms with Gasteiger partial charge in [0.25, 0.3) is 0 Å². The van der Waals surface area contributed by atoms with Crippen molar-refractivity contribution in [2.45, 2.75) is 41.5 Å². The predicted molar refractivity (Wildman–Crippen MR) is 123 cm³/mol. The zero-order chi connectivity index (χ0) is 26.5. The van der Waals surface area contributed by atoms with Crippen molar-refractivity contribution >= 4 is 11.8 Å². The molecule has 0 aliphatic rings. The summed E-state index contributed by atoms with van der Waals surface area (Å²) in [5.41, 5.74) is 12.2. The van der Waals surface area contributed by atoms with E-state index in [4.69, 9.17) is 72.8 Å². The molecule has 0 fully saturated rings. The Labute approximate surface area is 238 Å². The van der Waals surface area contributed by atoms with Crippen molar-refractivity contribution in [1.82, 2.24) is 24.6 Å². The standard InChI is InChI=1S/2C5H11NO.4NO3.4H3N.H2O.2Pt/c2*1-5(2,3)4(6)7;4*2-1(3)4;;;;;;;/h2*1-3H3,(H2,6,7);;;;;4*1H3;1H2;;/q;;4*-1;;;;;;2*+2/p-2. The zero-order valence-corrected chi connectivity index (χ0v) is 25.0. The summed E-state index contributed by atoms with van der Waals surface area (Å²) in [4.78, 5) is 53.3. The molecule has 0 saturated heterocycles. The van der Waals surface area contributed by atoms with Crippen LogP contribution in [0.4, 0.5) is 0 Å². The van der Waals surface area contributed by atoms with E-state index in [1.807, 2.05) is 0 Å². The molecule has 27 heteroatoms. The molecule has 0 atom stereocenters. The van der Waals surface area contributed by atoms with E-state index in [0.717, 1.165) is 0 Å². The molecule has 0 aromatic rings. The molecule has 236 valence electrons. The zero-order valence-electron chi connectivity index (χ0n) is 20.5. The van der Waals surface area contributed by atoms with Gasteiger partial charge in [-0.2, -0.15) is 0 Å². The Bertz CT molecular complexity index is 471. The molecule has 16 N–H and O–H groups in total. The summed E-state index contributed by atoms with van der Waals surface area (Å²) in [6.07, 6.45) is 0. The van der Waals surface area contributed by atoms with E-state index in [1.54, 1.807) is 41.5 Å². The third-order valence-electron chi connectivity index (χ3n) is 1.36. The molecule has 0 aromatic heterocycles. The summed E-state index contributed by atoms with van der Waals surface area (Å²) in [5, 5.41) is 59.0. The van der Waals surface area contributed by atoms with Gasteiger partial charge in [0.2, 0.25) is 0 Å². The number of nitrogens with zero attached hydrogens (tertiary/aromatic N) is 4. The number of rotatable bonds is 0. The van der Waals surface area contributed by atoms with Gasteiger partial charge in [0, 0.05) is 10.8 Å². The molecule has 0 aliphatic heterocycles. The van der Waals surface area contributed by atoms with Crippen LogP contribution in [0.3, 0.4) is 0 Å². The maximum atomic E-state index is 10.1. The molecule has 0 saturated carbocycles. The first kappa shape index (κ1) is 84.0. The number of amides is 2. The van der Waals surface area contributed by atoms with Gasteiger partial charge in [-0.1, -0.05) is 41.5 Å². The van der Waals surface area contributed by atoms with Crippen LogP contribution < -0.4 is 24.6 Å². The van der Waals surface area contributed by atoms with Crippen molar-refractivity contribution < 1.29 is 77.5 Å². The minimum atomic E-state index is -1.75. The molecule has 0 aliphatic carbocycles. The quantitative estimate of drug-likeness (QED) is 0.199. The van der Waals surface area contributed by atoms with Crippen LogP contribution in [-0.2, 0) is 51.7 Å². The van der Waals surface area contributed by atoms with Crippen LogP contribution in [0, 0.1) is 72.1 Å².